The Morgan fingerprint density at radius 3 is 1.08 bits per heavy atom. The van der Waals surface area contributed by atoms with Crippen LogP contribution in [0, 0.1) is 0 Å². The predicted octanol–water partition coefficient (Wildman–Crippen LogP) is 2.48. The van der Waals surface area contributed by atoms with Crippen molar-refractivity contribution in [3.8, 4) is 0 Å². The number of aliphatic hydroxyl groups is 2. The van der Waals surface area contributed by atoms with Crippen LogP contribution in [0.25, 0.3) is 0 Å². The Hall–Kier alpha value is -0.686. The summed E-state index contributed by atoms with van der Waals surface area (Å²) < 4.78 is 0. The Balaban J connectivity index is -0.0000000739. The van der Waals surface area contributed by atoms with E-state index in [4.69, 9.17) is 10.2 Å². The second-order valence-corrected chi connectivity index (χ2v) is 5.41. The minimum absolute atomic E-state index is 0. The summed E-state index contributed by atoms with van der Waals surface area (Å²) in [5.74, 6) is -0.0231. The monoisotopic (exact) mass is 394 g/mol. The minimum atomic E-state index is -0.167. The molecule has 7 heteroatoms. The summed E-state index contributed by atoms with van der Waals surface area (Å²) in [6, 6.07) is 0. The first-order valence-corrected chi connectivity index (χ1v) is 8.18. The average Bonchev–Trinajstić information content (AvgIpc) is 2.39. The van der Waals surface area contributed by atoms with Gasteiger partial charge in [-0.25, -0.2) is 0 Å². The summed E-state index contributed by atoms with van der Waals surface area (Å²) in [6.07, 6.45) is 5.36. The molecule has 2 N–H and O–H groups in total. The summed E-state index contributed by atoms with van der Waals surface area (Å²) >= 11 is 0. The number of hydrogen-bond acceptors (Lipinski definition) is 6. The molecule has 0 bridgehead atoms. The summed E-state index contributed by atoms with van der Waals surface area (Å²) in [5.41, 5.74) is 0. The van der Waals surface area contributed by atoms with Gasteiger partial charge in [-0.1, -0.05) is 26.7 Å². The molecule has 0 unspecified atom stereocenters. The molecule has 0 aromatic carbocycles. The van der Waals surface area contributed by atoms with E-state index in [0.717, 1.165) is 12.8 Å². The maximum Gasteiger partial charge on any atom is 2.00 e. The molecule has 0 atom stereocenters. The zero-order valence-corrected chi connectivity index (χ0v) is 18.0. The molecule has 0 spiro atoms. The van der Waals surface area contributed by atoms with Gasteiger partial charge < -0.3 is 29.4 Å². The van der Waals surface area contributed by atoms with E-state index >= 15 is 0 Å². The van der Waals surface area contributed by atoms with Gasteiger partial charge in [-0.2, -0.15) is 0 Å². The van der Waals surface area contributed by atoms with E-state index in [1.54, 1.807) is 40.3 Å². The van der Waals surface area contributed by atoms with Gasteiger partial charge in [0.2, 0.25) is 0 Å². The minimum Gasteiger partial charge on any atom is -0.541 e. The van der Waals surface area contributed by atoms with Crippen LogP contribution in [0.5, 0.6) is 0 Å². The number of carbonyl (C=O) groups excluding carboxylic acids is 4. The van der Waals surface area contributed by atoms with Crippen LogP contribution in [0.1, 0.15) is 80.1 Å². The summed E-state index contributed by atoms with van der Waals surface area (Å²) in [7, 11) is 0. The Bertz CT molecular complexity index is 268. The van der Waals surface area contributed by atoms with E-state index in [-0.39, 0.29) is 58.3 Å². The standard InChI is InChI=1S/2C6H9O2.2C3H8O.Ti/c2*1-2-3-6(8)4-5-7;2*1-3(2)4;/h2*2-4H2,1H3;2*3-4H,1-2H3;/q2*-1;;;+2. The van der Waals surface area contributed by atoms with Crippen molar-refractivity contribution in [2.24, 2.45) is 0 Å². The first kappa shape index (κ1) is 35.4. The molecule has 0 saturated carbocycles. The van der Waals surface area contributed by atoms with E-state index in [9.17, 15) is 19.2 Å². The molecule has 0 rings (SSSR count). The molecule has 25 heavy (non-hydrogen) atoms. The van der Waals surface area contributed by atoms with Gasteiger partial charge in [0.25, 0.3) is 0 Å². The van der Waals surface area contributed by atoms with Crippen LogP contribution in [0.15, 0.2) is 0 Å². The normalized spacial score (nSPS) is 8.40. The van der Waals surface area contributed by atoms with Crippen molar-refractivity contribution in [2.45, 2.75) is 92.3 Å². The van der Waals surface area contributed by atoms with Crippen LogP contribution >= 0.6 is 0 Å². The maximum atomic E-state index is 10.4. The van der Waals surface area contributed by atoms with E-state index in [2.05, 4.69) is 0 Å². The van der Waals surface area contributed by atoms with Gasteiger partial charge in [-0.05, 0) is 40.5 Å². The summed E-state index contributed by atoms with van der Waals surface area (Å²) in [6.45, 7) is 10.7. The summed E-state index contributed by atoms with van der Waals surface area (Å²) in [4.78, 5) is 39.8. The van der Waals surface area contributed by atoms with Gasteiger partial charge >= 0.3 is 21.7 Å². The van der Waals surface area contributed by atoms with Crippen LogP contribution in [0.4, 0.5) is 0 Å². The Labute approximate surface area is 167 Å². The van der Waals surface area contributed by atoms with E-state index < -0.39 is 0 Å². The molecule has 6 nitrogen and oxygen atoms in total. The smallest absolute Gasteiger partial charge is 0.541 e. The van der Waals surface area contributed by atoms with Crippen molar-refractivity contribution in [2.75, 3.05) is 0 Å². The molecule has 146 valence electrons. The molecule has 0 aliphatic heterocycles. The Morgan fingerprint density at radius 2 is 0.960 bits per heavy atom. The molecule has 0 fully saturated rings. The third kappa shape index (κ3) is 82.7. The number of Topliss-reactive ketones (excluding diaryl/α,β-unsaturated/α-hetero) is 2. The van der Waals surface area contributed by atoms with E-state index in [1.807, 2.05) is 13.8 Å². The van der Waals surface area contributed by atoms with Crippen molar-refractivity contribution >= 4 is 24.1 Å². The largest absolute Gasteiger partial charge is 2.00 e. The third-order valence-corrected chi connectivity index (χ3v) is 1.60. The third-order valence-electron chi connectivity index (χ3n) is 1.60. The zero-order chi connectivity index (χ0) is 20.0. The van der Waals surface area contributed by atoms with Gasteiger partial charge in [0.05, 0.1) is 0 Å². The Morgan fingerprint density at radius 1 is 0.760 bits per heavy atom. The van der Waals surface area contributed by atoms with Gasteiger partial charge in [0, 0.05) is 25.0 Å². The average molecular weight is 394 g/mol. The fourth-order valence-corrected chi connectivity index (χ4v) is 0.895. The van der Waals surface area contributed by atoms with Crippen LogP contribution in [-0.4, -0.2) is 46.6 Å². The summed E-state index contributed by atoms with van der Waals surface area (Å²) in [5, 5.41) is 16.1. The van der Waals surface area contributed by atoms with Gasteiger partial charge in [0.15, 0.2) is 0 Å². The predicted molar refractivity (Wildman–Crippen MR) is 95.2 cm³/mol. The molecule has 0 amide bonds. The van der Waals surface area contributed by atoms with Crippen molar-refractivity contribution in [1.82, 2.24) is 0 Å². The molecular weight excluding hydrogens is 360 g/mol. The molecule has 0 radical (unpaired) electrons. The van der Waals surface area contributed by atoms with Crippen LogP contribution in [0.2, 0.25) is 0 Å². The molecular formula is C18H34O6Ti. The first-order chi connectivity index (χ1) is 11.1. The van der Waals surface area contributed by atoms with Crippen molar-refractivity contribution in [3.63, 3.8) is 0 Å². The number of aliphatic hydroxyl groups excluding tert-OH is 2. The number of hydrogen-bond donors (Lipinski definition) is 2. The van der Waals surface area contributed by atoms with Crippen molar-refractivity contribution in [3.05, 3.63) is 0 Å². The molecule has 0 heterocycles. The SMILES string of the molecule is CC(C)O.CC(C)O.CCCC(=O)C[C-]=O.CCCC(=O)C[C-]=O.[Ti+2]. The van der Waals surface area contributed by atoms with E-state index in [1.165, 1.54) is 0 Å². The number of ketones is 2. The molecule has 0 aliphatic carbocycles. The Kier molecular flexibility index (Phi) is 44.1. The van der Waals surface area contributed by atoms with Crippen LogP contribution in [0.3, 0.4) is 0 Å². The second-order valence-electron chi connectivity index (χ2n) is 5.41. The maximum absolute atomic E-state index is 10.4. The fourth-order valence-electron chi connectivity index (χ4n) is 0.895. The van der Waals surface area contributed by atoms with Crippen LogP contribution < -0.4 is 0 Å². The molecule has 0 saturated heterocycles. The molecule has 0 aromatic rings. The van der Waals surface area contributed by atoms with E-state index in [0.29, 0.717) is 12.8 Å². The number of carbonyl (C=O) groups is 2. The van der Waals surface area contributed by atoms with Gasteiger partial charge in [-0.15, -0.1) is 0 Å². The topological polar surface area (TPSA) is 109 Å². The van der Waals surface area contributed by atoms with Crippen molar-refractivity contribution in [1.29, 1.82) is 0 Å². The second kappa shape index (κ2) is 31.1. The zero-order valence-electron chi connectivity index (χ0n) is 16.4. The molecule has 0 aliphatic rings. The molecule has 0 aromatic heterocycles. The first-order valence-electron chi connectivity index (χ1n) is 8.18. The van der Waals surface area contributed by atoms with Gasteiger partial charge in [0.1, 0.15) is 11.6 Å². The van der Waals surface area contributed by atoms with Crippen molar-refractivity contribution < 1.29 is 51.1 Å². The van der Waals surface area contributed by atoms with Crippen LogP contribution in [-0.2, 0) is 40.9 Å². The number of rotatable bonds is 8. The van der Waals surface area contributed by atoms with Gasteiger partial charge in [-0.3, -0.25) is 12.6 Å². The fraction of sp³-hybridized carbons (Fsp3) is 0.778. The quantitative estimate of drug-likeness (QED) is 0.372.